The molecule has 0 atom stereocenters. The minimum absolute atomic E-state index is 0.0651. The van der Waals surface area contributed by atoms with E-state index in [-0.39, 0.29) is 29.5 Å². The molecule has 0 bridgehead atoms. The SMILES string of the molecule is C=CCOc1ccc(C(F)=C(F)c2cc3ccc(CC)c(F)c3c(F)c2F)cc1. The molecule has 0 heterocycles. The average Bonchev–Trinajstić information content (AvgIpc) is 2.74. The van der Waals surface area contributed by atoms with Crippen LogP contribution in [0.15, 0.2) is 55.1 Å². The van der Waals surface area contributed by atoms with Gasteiger partial charge in [-0.2, -0.15) is 0 Å². The van der Waals surface area contributed by atoms with Crippen molar-refractivity contribution in [2.45, 2.75) is 13.3 Å². The highest BCUT2D eigenvalue weighted by atomic mass is 19.2. The summed E-state index contributed by atoms with van der Waals surface area (Å²) in [6.45, 7) is 5.40. The van der Waals surface area contributed by atoms with Gasteiger partial charge in [-0.1, -0.05) is 31.7 Å². The molecule has 0 unspecified atom stereocenters. The lowest BCUT2D eigenvalue weighted by atomic mass is 9.99. The molecule has 150 valence electrons. The number of fused-ring (bicyclic) bond motifs is 1. The van der Waals surface area contributed by atoms with Gasteiger partial charge in [-0.15, -0.1) is 0 Å². The Morgan fingerprint density at radius 2 is 1.62 bits per heavy atom. The lowest BCUT2D eigenvalue weighted by molar-refractivity contribution is 0.363. The van der Waals surface area contributed by atoms with Crippen LogP contribution in [0.25, 0.3) is 22.4 Å². The van der Waals surface area contributed by atoms with Gasteiger partial charge in [-0.3, -0.25) is 0 Å². The van der Waals surface area contributed by atoms with Crippen molar-refractivity contribution in [3.63, 3.8) is 0 Å². The van der Waals surface area contributed by atoms with Crippen LogP contribution >= 0.6 is 0 Å². The molecule has 0 saturated carbocycles. The Balaban J connectivity index is 2.09. The molecular weight excluding hydrogens is 387 g/mol. The first kappa shape index (κ1) is 20.6. The maximum absolute atomic E-state index is 14.7. The lowest BCUT2D eigenvalue weighted by Crippen LogP contribution is -1.99. The average molecular weight is 404 g/mol. The molecule has 3 rings (SSSR count). The molecule has 0 aliphatic carbocycles. The quantitative estimate of drug-likeness (QED) is 0.241. The topological polar surface area (TPSA) is 9.23 Å². The van der Waals surface area contributed by atoms with E-state index in [1.807, 2.05) is 0 Å². The fraction of sp³-hybridized carbons (Fsp3) is 0.130. The van der Waals surface area contributed by atoms with Crippen molar-refractivity contribution in [3.05, 3.63) is 89.3 Å². The first-order valence-electron chi connectivity index (χ1n) is 8.87. The molecule has 1 nitrogen and oxygen atoms in total. The van der Waals surface area contributed by atoms with Gasteiger partial charge in [0.2, 0.25) is 0 Å². The van der Waals surface area contributed by atoms with Crippen LogP contribution in [0.1, 0.15) is 23.6 Å². The van der Waals surface area contributed by atoms with Crippen molar-refractivity contribution in [1.82, 2.24) is 0 Å². The van der Waals surface area contributed by atoms with Crippen LogP contribution in [-0.2, 0) is 6.42 Å². The van der Waals surface area contributed by atoms with Crippen LogP contribution < -0.4 is 4.74 Å². The van der Waals surface area contributed by atoms with Crippen LogP contribution in [0.5, 0.6) is 5.75 Å². The predicted molar refractivity (Wildman–Crippen MR) is 104 cm³/mol. The minimum atomic E-state index is -1.65. The molecular formula is C23H17F5O. The molecule has 0 aliphatic heterocycles. The number of hydrogen-bond acceptors (Lipinski definition) is 1. The summed E-state index contributed by atoms with van der Waals surface area (Å²) < 4.78 is 77.9. The molecule has 3 aromatic rings. The number of aryl methyl sites for hydroxylation is 1. The third-order valence-corrected chi connectivity index (χ3v) is 4.49. The predicted octanol–water partition coefficient (Wildman–Crippen LogP) is 7.15. The van der Waals surface area contributed by atoms with Crippen LogP contribution in [0, 0.1) is 17.5 Å². The molecule has 0 amide bonds. The van der Waals surface area contributed by atoms with Crippen molar-refractivity contribution in [2.75, 3.05) is 6.61 Å². The van der Waals surface area contributed by atoms with Gasteiger partial charge in [0.1, 0.15) is 18.2 Å². The molecule has 0 aliphatic rings. The summed E-state index contributed by atoms with van der Waals surface area (Å²) in [5.74, 6) is -6.66. The number of halogens is 5. The van der Waals surface area contributed by atoms with Crippen molar-refractivity contribution in [1.29, 1.82) is 0 Å². The van der Waals surface area contributed by atoms with Gasteiger partial charge in [0.15, 0.2) is 23.3 Å². The normalized spacial score (nSPS) is 12.1. The zero-order chi connectivity index (χ0) is 21.1. The minimum Gasteiger partial charge on any atom is -0.490 e. The Kier molecular flexibility index (Phi) is 6.01. The summed E-state index contributed by atoms with van der Waals surface area (Å²) in [4.78, 5) is 0. The Hall–Kier alpha value is -3.15. The molecule has 3 aromatic carbocycles. The molecule has 0 saturated heterocycles. The fourth-order valence-electron chi connectivity index (χ4n) is 2.95. The van der Waals surface area contributed by atoms with Gasteiger partial charge >= 0.3 is 0 Å². The second-order valence-electron chi connectivity index (χ2n) is 6.29. The monoisotopic (exact) mass is 404 g/mol. The zero-order valence-electron chi connectivity index (χ0n) is 15.5. The molecule has 0 spiro atoms. The van der Waals surface area contributed by atoms with E-state index >= 15 is 0 Å². The van der Waals surface area contributed by atoms with E-state index in [0.717, 1.165) is 6.07 Å². The van der Waals surface area contributed by atoms with E-state index in [0.29, 0.717) is 5.75 Å². The van der Waals surface area contributed by atoms with Gasteiger partial charge in [0.25, 0.3) is 0 Å². The Morgan fingerprint density at radius 3 is 2.24 bits per heavy atom. The van der Waals surface area contributed by atoms with E-state index < -0.39 is 40.1 Å². The van der Waals surface area contributed by atoms with Gasteiger partial charge in [0.05, 0.1) is 10.9 Å². The zero-order valence-corrected chi connectivity index (χ0v) is 15.5. The molecule has 0 radical (unpaired) electrons. The van der Waals surface area contributed by atoms with Crippen LogP contribution in [0.2, 0.25) is 0 Å². The van der Waals surface area contributed by atoms with Gasteiger partial charge in [-0.05, 0) is 47.7 Å². The van der Waals surface area contributed by atoms with E-state index in [9.17, 15) is 22.0 Å². The summed E-state index contributed by atoms with van der Waals surface area (Å²) in [6.07, 6.45) is 1.80. The lowest BCUT2D eigenvalue weighted by Gasteiger charge is -2.10. The fourth-order valence-corrected chi connectivity index (χ4v) is 2.95. The maximum Gasteiger partial charge on any atom is 0.170 e. The first-order chi connectivity index (χ1) is 13.9. The number of ether oxygens (including phenoxy) is 1. The Labute approximate surface area is 164 Å². The summed E-state index contributed by atoms with van der Waals surface area (Å²) in [5, 5.41) is -0.646. The molecule has 6 heteroatoms. The Bertz CT molecular complexity index is 1100. The second-order valence-corrected chi connectivity index (χ2v) is 6.29. The number of rotatable bonds is 6. The maximum atomic E-state index is 14.7. The summed E-state index contributed by atoms with van der Waals surface area (Å²) in [6, 6.07) is 8.95. The number of benzene rings is 3. The van der Waals surface area contributed by atoms with Crippen molar-refractivity contribution < 1.29 is 26.7 Å². The summed E-state index contributed by atoms with van der Waals surface area (Å²) in [5.41, 5.74) is -0.895. The van der Waals surface area contributed by atoms with Crippen molar-refractivity contribution in [3.8, 4) is 5.75 Å². The van der Waals surface area contributed by atoms with Crippen LogP contribution in [0.3, 0.4) is 0 Å². The van der Waals surface area contributed by atoms with E-state index in [2.05, 4.69) is 6.58 Å². The molecule has 29 heavy (non-hydrogen) atoms. The Morgan fingerprint density at radius 1 is 0.931 bits per heavy atom. The second kappa shape index (κ2) is 8.47. The largest absolute Gasteiger partial charge is 0.490 e. The number of hydrogen-bond donors (Lipinski definition) is 0. The van der Waals surface area contributed by atoms with Crippen molar-refractivity contribution >= 4 is 22.4 Å². The van der Waals surface area contributed by atoms with Crippen molar-refractivity contribution in [2.24, 2.45) is 0 Å². The molecule has 0 aromatic heterocycles. The van der Waals surface area contributed by atoms with Gasteiger partial charge < -0.3 is 4.74 Å². The van der Waals surface area contributed by atoms with Crippen LogP contribution in [0.4, 0.5) is 22.0 Å². The van der Waals surface area contributed by atoms with Gasteiger partial charge in [-0.25, -0.2) is 22.0 Å². The third-order valence-electron chi connectivity index (χ3n) is 4.49. The highest BCUT2D eigenvalue weighted by molar-refractivity contribution is 5.91. The van der Waals surface area contributed by atoms with E-state index in [1.54, 1.807) is 6.92 Å². The van der Waals surface area contributed by atoms with E-state index in [4.69, 9.17) is 4.74 Å². The molecule has 0 fully saturated rings. The van der Waals surface area contributed by atoms with Gasteiger partial charge in [0, 0.05) is 5.56 Å². The highest BCUT2D eigenvalue weighted by Crippen LogP contribution is 2.35. The summed E-state index contributed by atoms with van der Waals surface area (Å²) in [7, 11) is 0. The standard InChI is InChI=1S/C23H17F5O/c1-3-11-29-16-9-7-14(8-10-16)20(25)21(26)17-12-15-6-5-13(4-2)19(24)18(15)23(28)22(17)27/h3,5-10,12H,1,4,11H2,2H3. The molecule has 0 N–H and O–H groups in total. The highest BCUT2D eigenvalue weighted by Gasteiger charge is 2.23. The third kappa shape index (κ3) is 3.88. The smallest absolute Gasteiger partial charge is 0.170 e. The van der Waals surface area contributed by atoms with E-state index in [1.165, 1.54) is 42.5 Å². The van der Waals surface area contributed by atoms with Crippen LogP contribution in [-0.4, -0.2) is 6.61 Å². The summed E-state index contributed by atoms with van der Waals surface area (Å²) >= 11 is 0. The first-order valence-corrected chi connectivity index (χ1v) is 8.87.